The normalized spacial score (nSPS) is 11.3. The van der Waals surface area contributed by atoms with E-state index in [9.17, 15) is 33.0 Å². The highest BCUT2D eigenvalue weighted by Gasteiger charge is 2.33. The number of carbonyl (C=O) groups is 2. The number of ether oxygens (including phenoxy) is 1. The van der Waals surface area contributed by atoms with Crippen molar-refractivity contribution in [1.29, 1.82) is 0 Å². The number of aromatic hydroxyl groups is 2. The maximum Gasteiger partial charge on any atom is 0.418 e. The van der Waals surface area contributed by atoms with Crippen LogP contribution in [0.4, 0.5) is 18.9 Å². The molecule has 0 aliphatic carbocycles. The summed E-state index contributed by atoms with van der Waals surface area (Å²) < 4.78 is 43.6. The molecule has 1 amide bonds. The molecule has 0 saturated heterocycles. The number of hydrogen-bond acceptors (Lipinski definition) is 5. The van der Waals surface area contributed by atoms with E-state index in [0.29, 0.717) is 5.39 Å². The molecule has 9 heteroatoms. The van der Waals surface area contributed by atoms with Crippen LogP contribution in [0, 0.1) is 0 Å². The van der Waals surface area contributed by atoms with E-state index in [1.807, 2.05) is 5.32 Å². The number of nitrogens with one attached hydrogen (secondary N) is 1. The molecule has 0 bridgehead atoms. The van der Waals surface area contributed by atoms with Crippen LogP contribution in [0.1, 0.15) is 15.9 Å². The van der Waals surface area contributed by atoms with Crippen LogP contribution in [0.15, 0.2) is 54.6 Å². The predicted molar refractivity (Wildman–Crippen MR) is 97.6 cm³/mol. The van der Waals surface area contributed by atoms with Crippen molar-refractivity contribution in [1.82, 2.24) is 0 Å². The summed E-state index contributed by atoms with van der Waals surface area (Å²) in [5.41, 5.74) is -1.91. The largest absolute Gasteiger partial charge is 0.507 e. The Morgan fingerprint density at radius 2 is 1.59 bits per heavy atom. The molecule has 0 atom stereocenters. The quantitative estimate of drug-likeness (QED) is 0.449. The van der Waals surface area contributed by atoms with Gasteiger partial charge in [-0.15, -0.1) is 0 Å². The number of alkyl halides is 3. The molecule has 3 N–H and O–H groups in total. The van der Waals surface area contributed by atoms with Gasteiger partial charge in [-0.25, -0.2) is 4.79 Å². The number of halogens is 3. The maximum absolute atomic E-state index is 13.0. The second-order valence-electron chi connectivity index (χ2n) is 6.01. The number of rotatable bonds is 4. The summed E-state index contributed by atoms with van der Waals surface area (Å²) in [4.78, 5) is 24.1. The van der Waals surface area contributed by atoms with Gasteiger partial charge in [0, 0.05) is 10.8 Å². The van der Waals surface area contributed by atoms with Crippen molar-refractivity contribution in [3.63, 3.8) is 0 Å². The smallest absolute Gasteiger partial charge is 0.418 e. The molecule has 150 valence electrons. The van der Waals surface area contributed by atoms with Crippen LogP contribution < -0.4 is 5.32 Å². The zero-order chi connectivity index (χ0) is 21.2. The highest BCUT2D eigenvalue weighted by molar-refractivity contribution is 6.04. The standard InChI is InChI=1S/C20H14F3NO5/c21-20(22,23)14-7-3-4-8-15(14)24-17(26)10-29-19(28)13-9-16(25)11-5-1-2-6-12(11)18(13)27/h1-9,25,27H,10H2,(H,24,26). The van der Waals surface area contributed by atoms with Gasteiger partial charge in [0.2, 0.25) is 0 Å². The fraction of sp³-hybridized carbons (Fsp3) is 0.100. The third kappa shape index (κ3) is 4.23. The van der Waals surface area contributed by atoms with Crippen molar-refractivity contribution in [2.75, 3.05) is 11.9 Å². The van der Waals surface area contributed by atoms with Gasteiger partial charge in [0.15, 0.2) is 6.61 Å². The number of hydrogen-bond donors (Lipinski definition) is 3. The van der Waals surface area contributed by atoms with E-state index in [4.69, 9.17) is 4.74 Å². The summed E-state index contributed by atoms with van der Waals surface area (Å²) in [6, 6.07) is 11.6. The number of phenols is 2. The van der Waals surface area contributed by atoms with Crippen molar-refractivity contribution in [2.24, 2.45) is 0 Å². The average molecular weight is 405 g/mol. The number of esters is 1. The molecule has 0 unspecified atom stereocenters. The second kappa shape index (κ2) is 7.70. The predicted octanol–water partition coefficient (Wildman–Crippen LogP) is 4.07. The molecular weight excluding hydrogens is 391 g/mol. The fourth-order valence-corrected chi connectivity index (χ4v) is 2.73. The van der Waals surface area contributed by atoms with Crippen molar-refractivity contribution in [2.45, 2.75) is 6.18 Å². The number of carbonyl (C=O) groups excluding carboxylic acids is 2. The van der Waals surface area contributed by atoms with Crippen LogP contribution in [0.2, 0.25) is 0 Å². The van der Waals surface area contributed by atoms with Crippen LogP contribution in [-0.2, 0) is 15.7 Å². The minimum absolute atomic E-state index is 0.197. The van der Waals surface area contributed by atoms with E-state index in [1.165, 1.54) is 24.3 Å². The van der Waals surface area contributed by atoms with Crippen LogP contribution in [-0.4, -0.2) is 28.7 Å². The summed E-state index contributed by atoms with van der Waals surface area (Å²) in [6.45, 7) is -0.891. The lowest BCUT2D eigenvalue weighted by Gasteiger charge is -2.14. The number of amides is 1. The van der Waals surface area contributed by atoms with Crippen LogP contribution >= 0.6 is 0 Å². The summed E-state index contributed by atoms with van der Waals surface area (Å²) in [7, 11) is 0. The minimum Gasteiger partial charge on any atom is -0.507 e. The van der Waals surface area contributed by atoms with Gasteiger partial charge in [-0.05, 0) is 18.2 Å². The van der Waals surface area contributed by atoms with Gasteiger partial charge in [0.05, 0.1) is 11.3 Å². The molecule has 3 aromatic carbocycles. The van der Waals surface area contributed by atoms with E-state index in [2.05, 4.69) is 0 Å². The van der Waals surface area contributed by atoms with Crippen molar-refractivity contribution in [3.05, 3.63) is 65.7 Å². The Labute approximate surface area is 162 Å². The lowest BCUT2D eigenvalue weighted by molar-refractivity contribution is -0.137. The molecule has 0 saturated carbocycles. The van der Waals surface area contributed by atoms with Gasteiger partial charge in [-0.3, -0.25) is 4.79 Å². The summed E-state index contributed by atoms with van der Waals surface area (Å²) in [5, 5.41) is 22.8. The van der Waals surface area contributed by atoms with Gasteiger partial charge in [0.1, 0.15) is 17.1 Å². The lowest BCUT2D eigenvalue weighted by atomic mass is 10.0. The zero-order valence-corrected chi connectivity index (χ0v) is 14.7. The van der Waals surface area contributed by atoms with Gasteiger partial charge in [-0.1, -0.05) is 36.4 Å². The first-order valence-corrected chi connectivity index (χ1v) is 8.25. The number of anilines is 1. The first-order chi connectivity index (χ1) is 13.7. The zero-order valence-electron chi connectivity index (χ0n) is 14.7. The van der Waals surface area contributed by atoms with Crippen LogP contribution in [0.25, 0.3) is 10.8 Å². The highest BCUT2D eigenvalue weighted by Crippen LogP contribution is 2.36. The van der Waals surface area contributed by atoms with E-state index in [1.54, 1.807) is 12.1 Å². The second-order valence-corrected chi connectivity index (χ2v) is 6.01. The summed E-state index contributed by atoms with van der Waals surface area (Å²) >= 11 is 0. The maximum atomic E-state index is 13.0. The monoisotopic (exact) mass is 405 g/mol. The van der Waals surface area contributed by atoms with Crippen LogP contribution in [0.5, 0.6) is 11.5 Å². The number of phenolic OH excluding ortho intramolecular Hbond substituents is 2. The number of benzene rings is 3. The fourth-order valence-electron chi connectivity index (χ4n) is 2.73. The SMILES string of the molecule is O=C(COC(=O)c1cc(O)c2ccccc2c1O)Nc1ccccc1C(F)(F)F. The van der Waals surface area contributed by atoms with Crippen molar-refractivity contribution >= 4 is 28.3 Å². The van der Waals surface area contributed by atoms with Crippen molar-refractivity contribution < 1.29 is 37.7 Å². The molecule has 3 rings (SSSR count). The molecule has 0 aliphatic heterocycles. The molecule has 6 nitrogen and oxygen atoms in total. The van der Waals surface area contributed by atoms with E-state index >= 15 is 0 Å². The number of fused-ring (bicyclic) bond motifs is 1. The Balaban J connectivity index is 1.73. The van der Waals surface area contributed by atoms with Gasteiger partial charge >= 0.3 is 12.1 Å². The first-order valence-electron chi connectivity index (χ1n) is 8.25. The van der Waals surface area contributed by atoms with E-state index < -0.39 is 41.7 Å². The van der Waals surface area contributed by atoms with Gasteiger partial charge in [-0.2, -0.15) is 13.2 Å². The molecule has 0 radical (unpaired) electrons. The molecular formula is C20H14F3NO5. The number of para-hydroxylation sites is 1. The summed E-state index contributed by atoms with van der Waals surface area (Å²) in [5.74, 6) is -2.86. The molecule has 0 aromatic heterocycles. The van der Waals surface area contributed by atoms with Crippen molar-refractivity contribution in [3.8, 4) is 11.5 Å². The Kier molecular flexibility index (Phi) is 5.31. The summed E-state index contributed by atoms with van der Waals surface area (Å²) in [6.07, 6.45) is -4.67. The molecule has 29 heavy (non-hydrogen) atoms. The highest BCUT2D eigenvalue weighted by atomic mass is 19.4. The van der Waals surface area contributed by atoms with Gasteiger partial charge < -0.3 is 20.3 Å². The molecule has 3 aromatic rings. The molecule has 0 fully saturated rings. The Morgan fingerprint density at radius 1 is 0.966 bits per heavy atom. The first kappa shape index (κ1) is 20.0. The lowest BCUT2D eigenvalue weighted by Crippen LogP contribution is -2.22. The topological polar surface area (TPSA) is 95.9 Å². The van der Waals surface area contributed by atoms with Crippen LogP contribution in [0.3, 0.4) is 0 Å². The Bertz CT molecular complexity index is 1100. The third-order valence-corrected chi connectivity index (χ3v) is 4.06. The Hall–Kier alpha value is -3.75. The molecule has 0 heterocycles. The molecule has 0 spiro atoms. The average Bonchev–Trinajstić information content (AvgIpc) is 2.68. The third-order valence-electron chi connectivity index (χ3n) is 4.06. The van der Waals surface area contributed by atoms with E-state index in [-0.39, 0.29) is 16.7 Å². The van der Waals surface area contributed by atoms with E-state index in [0.717, 1.165) is 18.2 Å². The minimum atomic E-state index is -4.67. The molecule has 0 aliphatic rings. The van der Waals surface area contributed by atoms with Gasteiger partial charge in [0.25, 0.3) is 5.91 Å². The Morgan fingerprint density at radius 3 is 2.28 bits per heavy atom.